The number of nitrogens with zero attached hydrogens (tertiary/aromatic N) is 1. The summed E-state index contributed by atoms with van der Waals surface area (Å²) in [5.74, 6) is 0.444. The van der Waals surface area contributed by atoms with Gasteiger partial charge in [-0.3, -0.25) is 0 Å². The molecule has 0 aliphatic carbocycles. The Hall–Kier alpha value is -1.65. The van der Waals surface area contributed by atoms with Crippen molar-refractivity contribution in [2.75, 3.05) is 0 Å². The van der Waals surface area contributed by atoms with E-state index < -0.39 is 5.82 Å². The van der Waals surface area contributed by atoms with Gasteiger partial charge in [-0.2, -0.15) is 0 Å². The fourth-order valence-corrected chi connectivity index (χ4v) is 1.88. The van der Waals surface area contributed by atoms with E-state index in [1.54, 1.807) is 6.20 Å². The maximum Gasteiger partial charge on any atom is 0.223 e. The van der Waals surface area contributed by atoms with Gasteiger partial charge in [0.1, 0.15) is 11.6 Å². The lowest BCUT2D eigenvalue weighted by Crippen LogP contribution is -2.35. The third-order valence-corrected chi connectivity index (χ3v) is 3.06. The van der Waals surface area contributed by atoms with Crippen LogP contribution in [0.25, 0.3) is 0 Å². The molecular formula is C16H18ClFN2O. The molecule has 0 saturated carbocycles. The summed E-state index contributed by atoms with van der Waals surface area (Å²) >= 11 is 5.97. The molecule has 0 fully saturated rings. The van der Waals surface area contributed by atoms with Crippen molar-refractivity contribution in [2.45, 2.75) is 32.9 Å². The van der Waals surface area contributed by atoms with Gasteiger partial charge < -0.3 is 10.1 Å². The first kappa shape index (κ1) is 15.7. The fourth-order valence-electron chi connectivity index (χ4n) is 1.67. The highest BCUT2D eigenvalue weighted by Crippen LogP contribution is 2.30. The molecule has 21 heavy (non-hydrogen) atoms. The largest absolute Gasteiger partial charge is 0.437 e. The summed E-state index contributed by atoms with van der Waals surface area (Å²) in [7, 11) is 0. The molecule has 1 aromatic heterocycles. The van der Waals surface area contributed by atoms with Gasteiger partial charge in [0.05, 0.1) is 5.02 Å². The van der Waals surface area contributed by atoms with Crippen molar-refractivity contribution in [2.24, 2.45) is 0 Å². The third-order valence-electron chi connectivity index (χ3n) is 2.76. The Morgan fingerprint density at radius 1 is 1.29 bits per heavy atom. The molecule has 0 aliphatic rings. The quantitative estimate of drug-likeness (QED) is 0.899. The van der Waals surface area contributed by atoms with Gasteiger partial charge in [0, 0.05) is 23.8 Å². The third kappa shape index (κ3) is 4.69. The van der Waals surface area contributed by atoms with Crippen molar-refractivity contribution in [3.63, 3.8) is 0 Å². The number of rotatable bonds is 4. The van der Waals surface area contributed by atoms with Crippen LogP contribution in [0.3, 0.4) is 0 Å². The van der Waals surface area contributed by atoms with Gasteiger partial charge in [-0.05, 0) is 45.0 Å². The molecule has 0 amide bonds. The molecule has 0 spiro atoms. The highest BCUT2D eigenvalue weighted by molar-refractivity contribution is 6.32. The number of ether oxygens (including phenoxy) is 1. The van der Waals surface area contributed by atoms with E-state index in [4.69, 9.17) is 16.3 Å². The minimum Gasteiger partial charge on any atom is -0.437 e. The smallest absolute Gasteiger partial charge is 0.223 e. The maximum atomic E-state index is 13.1. The van der Waals surface area contributed by atoms with E-state index in [9.17, 15) is 4.39 Å². The topological polar surface area (TPSA) is 34.2 Å². The highest BCUT2D eigenvalue weighted by Gasteiger charge is 2.13. The highest BCUT2D eigenvalue weighted by atomic mass is 35.5. The van der Waals surface area contributed by atoms with E-state index in [2.05, 4.69) is 31.1 Å². The van der Waals surface area contributed by atoms with Crippen molar-refractivity contribution in [1.82, 2.24) is 10.3 Å². The first-order valence-electron chi connectivity index (χ1n) is 6.67. The predicted octanol–water partition coefficient (Wildman–Crippen LogP) is 4.55. The second-order valence-electron chi connectivity index (χ2n) is 5.75. The number of benzene rings is 1. The van der Waals surface area contributed by atoms with Crippen LogP contribution < -0.4 is 10.1 Å². The lowest BCUT2D eigenvalue weighted by molar-refractivity contribution is 0.409. The van der Waals surface area contributed by atoms with Crippen LogP contribution in [0.5, 0.6) is 11.6 Å². The lowest BCUT2D eigenvalue weighted by atomic mass is 10.1. The monoisotopic (exact) mass is 308 g/mol. The molecule has 2 rings (SSSR count). The molecule has 0 saturated heterocycles. The zero-order valence-electron chi connectivity index (χ0n) is 12.3. The molecule has 0 unspecified atom stereocenters. The molecule has 1 heterocycles. The molecule has 3 nitrogen and oxygen atoms in total. The number of aromatic nitrogens is 1. The molecule has 0 aliphatic heterocycles. The summed E-state index contributed by atoms with van der Waals surface area (Å²) in [5, 5.41) is 3.59. The van der Waals surface area contributed by atoms with Crippen LogP contribution in [-0.4, -0.2) is 10.5 Å². The number of nitrogens with one attached hydrogen (secondary N) is 1. The Morgan fingerprint density at radius 2 is 2.05 bits per heavy atom. The number of hydrogen-bond acceptors (Lipinski definition) is 3. The van der Waals surface area contributed by atoms with Crippen molar-refractivity contribution in [3.05, 3.63) is 52.9 Å². The Labute approximate surface area is 129 Å². The summed E-state index contributed by atoms with van der Waals surface area (Å²) in [4.78, 5) is 4.22. The van der Waals surface area contributed by atoms with Gasteiger partial charge in [0.15, 0.2) is 0 Å². The Balaban J connectivity index is 2.20. The molecule has 2 aromatic rings. The van der Waals surface area contributed by atoms with Crippen LogP contribution in [0.1, 0.15) is 26.3 Å². The zero-order chi connectivity index (χ0) is 15.5. The zero-order valence-corrected chi connectivity index (χ0v) is 13.0. The summed E-state index contributed by atoms with van der Waals surface area (Å²) in [5.41, 5.74) is 0.897. The fraction of sp³-hybridized carbons (Fsp3) is 0.312. The summed E-state index contributed by atoms with van der Waals surface area (Å²) < 4.78 is 18.8. The van der Waals surface area contributed by atoms with Crippen LogP contribution in [0.2, 0.25) is 5.02 Å². The molecule has 0 atom stereocenters. The van der Waals surface area contributed by atoms with Crippen LogP contribution in [-0.2, 0) is 6.54 Å². The van der Waals surface area contributed by atoms with Crippen molar-refractivity contribution in [1.29, 1.82) is 0 Å². The number of pyridine rings is 1. The predicted molar refractivity (Wildman–Crippen MR) is 82.3 cm³/mol. The van der Waals surface area contributed by atoms with Crippen LogP contribution in [0.4, 0.5) is 4.39 Å². The maximum absolute atomic E-state index is 13.1. The summed E-state index contributed by atoms with van der Waals surface area (Å²) in [6, 6.07) is 7.79. The van der Waals surface area contributed by atoms with E-state index in [1.807, 2.05) is 12.1 Å². The van der Waals surface area contributed by atoms with Gasteiger partial charge in [-0.15, -0.1) is 0 Å². The molecular weight excluding hydrogens is 291 g/mol. The number of halogens is 2. The molecule has 0 radical (unpaired) electrons. The lowest BCUT2D eigenvalue weighted by Gasteiger charge is -2.21. The van der Waals surface area contributed by atoms with E-state index in [1.165, 1.54) is 18.2 Å². The Kier molecular flexibility index (Phi) is 4.80. The van der Waals surface area contributed by atoms with Gasteiger partial charge in [0.25, 0.3) is 0 Å². The van der Waals surface area contributed by atoms with Crippen molar-refractivity contribution in [3.8, 4) is 11.6 Å². The van der Waals surface area contributed by atoms with Gasteiger partial charge in [-0.1, -0.05) is 17.7 Å². The molecule has 112 valence electrons. The van der Waals surface area contributed by atoms with Crippen molar-refractivity contribution < 1.29 is 9.13 Å². The average Bonchev–Trinajstić information content (AvgIpc) is 2.40. The van der Waals surface area contributed by atoms with Crippen LogP contribution >= 0.6 is 11.6 Å². The second kappa shape index (κ2) is 6.41. The minimum absolute atomic E-state index is 0.0133. The normalized spacial score (nSPS) is 11.5. The average molecular weight is 309 g/mol. The molecule has 0 bridgehead atoms. The number of hydrogen-bond donors (Lipinski definition) is 1. The molecule has 1 N–H and O–H groups in total. The van der Waals surface area contributed by atoms with Gasteiger partial charge in [0.2, 0.25) is 5.88 Å². The van der Waals surface area contributed by atoms with Gasteiger partial charge >= 0.3 is 0 Å². The summed E-state index contributed by atoms with van der Waals surface area (Å²) in [6.07, 6.45) is 1.65. The summed E-state index contributed by atoms with van der Waals surface area (Å²) in [6.45, 7) is 6.87. The Bertz CT molecular complexity index is 626. The standard InChI is InChI=1S/C16H18ClFN2O/c1-16(2,3)20-10-11-5-4-8-19-15(11)21-14-7-6-12(18)9-13(14)17/h4-9,20H,10H2,1-3H3. The van der Waals surface area contributed by atoms with E-state index in [-0.39, 0.29) is 10.6 Å². The SMILES string of the molecule is CC(C)(C)NCc1cccnc1Oc1ccc(F)cc1Cl. The van der Waals surface area contributed by atoms with Crippen LogP contribution in [0, 0.1) is 5.82 Å². The van der Waals surface area contributed by atoms with Crippen molar-refractivity contribution >= 4 is 11.6 Å². The first-order valence-corrected chi connectivity index (χ1v) is 7.05. The molecule has 5 heteroatoms. The van der Waals surface area contributed by atoms with E-state index in [0.29, 0.717) is 18.2 Å². The van der Waals surface area contributed by atoms with E-state index in [0.717, 1.165) is 5.56 Å². The van der Waals surface area contributed by atoms with E-state index >= 15 is 0 Å². The second-order valence-corrected chi connectivity index (χ2v) is 6.16. The van der Waals surface area contributed by atoms with Gasteiger partial charge in [-0.25, -0.2) is 9.37 Å². The minimum atomic E-state index is -0.400. The van der Waals surface area contributed by atoms with Crippen LogP contribution in [0.15, 0.2) is 36.5 Å². The Morgan fingerprint density at radius 3 is 2.71 bits per heavy atom. The first-order chi connectivity index (χ1) is 9.85. The molecule has 1 aromatic carbocycles.